The molecule has 1 fully saturated rings. The molecule has 0 saturated carbocycles. The first-order chi connectivity index (χ1) is 6.90. The van der Waals surface area contributed by atoms with Crippen molar-refractivity contribution >= 4 is 30.6 Å². The zero-order valence-corrected chi connectivity index (χ0v) is 10.6. The van der Waals surface area contributed by atoms with E-state index in [0.717, 1.165) is 37.7 Å². The molecule has 0 amide bonds. The zero-order chi connectivity index (χ0) is 9.80. The Morgan fingerprint density at radius 3 is 2.44 bits per heavy atom. The molecular formula is C10H17Cl2N3O. The number of hydrogen-bond donors (Lipinski definition) is 1. The van der Waals surface area contributed by atoms with Crippen molar-refractivity contribution in [3.05, 3.63) is 23.9 Å². The number of halogens is 2. The molecule has 2 rings (SSSR count). The lowest BCUT2D eigenvalue weighted by molar-refractivity contribution is 0.122. The average Bonchev–Trinajstić information content (AvgIpc) is 2.30. The van der Waals surface area contributed by atoms with Crippen LogP contribution in [0.5, 0.6) is 0 Å². The third kappa shape index (κ3) is 3.79. The maximum atomic E-state index is 5.50. The van der Waals surface area contributed by atoms with Crippen LogP contribution in [0.4, 0.5) is 5.82 Å². The van der Waals surface area contributed by atoms with Crippen molar-refractivity contribution < 1.29 is 4.74 Å². The first kappa shape index (κ1) is 15.4. The second-order valence-corrected chi connectivity index (χ2v) is 3.33. The second-order valence-electron chi connectivity index (χ2n) is 3.33. The number of pyridine rings is 1. The molecule has 0 aliphatic carbocycles. The normalized spacial score (nSPS) is 14.9. The number of nitrogens with two attached hydrogens (primary N) is 1. The van der Waals surface area contributed by atoms with E-state index in [0.29, 0.717) is 6.54 Å². The topological polar surface area (TPSA) is 51.4 Å². The Kier molecular flexibility index (Phi) is 7.42. The summed E-state index contributed by atoms with van der Waals surface area (Å²) in [6.07, 6.45) is 1.84. The van der Waals surface area contributed by atoms with Crippen molar-refractivity contribution in [2.24, 2.45) is 5.73 Å². The average molecular weight is 266 g/mol. The highest BCUT2D eigenvalue weighted by Gasteiger charge is 2.11. The maximum absolute atomic E-state index is 5.50. The summed E-state index contributed by atoms with van der Waals surface area (Å²) in [4.78, 5) is 6.59. The molecule has 0 aromatic carbocycles. The van der Waals surface area contributed by atoms with Gasteiger partial charge in [-0.25, -0.2) is 4.98 Å². The van der Waals surface area contributed by atoms with Crippen LogP contribution in [0.1, 0.15) is 5.56 Å². The standard InChI is InChI=1S/C10H15N3O.2ClH/c11-7-9-1-2-10(12-8-9)13-3-5-14-6-4-13;;/h1-2,8H,3-7,11H2;2*1H. The fraction of sp³-hybridized carbons (Fsp3) is 0.500. The van der Waals surface area contributed by atoms with Gasteiger partial charge in [0.05, 0.1) is 13.2 Å². The summed E-state index contributed by atoms with van der Waals surface area (Å²) in [5, 5.41) is 0. The van der Waals surface area contributed by atoms with Crippen molar-refractivity contribution in [3.63, 3.8) is 0 Å². The third-order valence-corrected chi connectivity index (χ3v) is 2.38. The summed E-state index contributed by atoms with van der Waals surface area (Å²) >= 11 is 0. The minimum Gasteiger partial charge on any atom is -0.378 e. The molecule has 92 valence electrons. The van der Waals surface area contributed by atoms with Crippen LogP contribution in [0.2, 0.25) is 0 Å². The predicted molar refractivity (Wildman–Crippen MR) is 69.7 cm³/mol. The lowest BCUT2D eigenvalue weighted by Gasteiger charge is -2.27. The number of nitrogens with zero attached hydrogens (tertiary/aromatic N) is 2. The van der Waals surface area contributed by atoms with E-state index < -0.39 is 0 Å². The van der Waals surface area contributed by atoms with Gasteiger partial charge in [0.2, 0.25) is 0 Å². The molecule has 2 N–H and O–H groups in total. The Bertz CT molecular complexity index is 289. The molecule has 0 radical (unpaired) electrons. The second kappa shape index (κ2) is 7.68. The monoisotopic (exact) mass is 265 g/mol. The molecule has 0 spiro atoms. The third-order valence-electron chi connectivity index (χ3n) is 2.38. The Morgan fingerprint density at radius 2 is 1.94 bits per heavy atom. The fourth-order valence-corrected chi connectivity index (χ4v) is 1.52. The Hall–Kier alpha value is -0.550. The SMILES string of the molecule is Cl.Cl.NCc1ccc(N2CCOCC2)nc1. The maximum Gasteiger partial charge on any atom is 0.128 e. The van der Waals surface area contributed by atoms with E-state index in [2.05, 4.69) is 9.88 Å². The van der Waals surface area contributed by atoms with E-state index in [1.165, 1.54) is 0 Å². The van der Waals surface area contributed by atoms with Crippen LogP contribution in [0.15, 0.2) is 18.3 Å². The van der Waals surface area contributed by atoms with Gasteiger partial charge >= 0.3 is 0 Å². The van der Waals surface area contributed by atoms with Crippen molar-refractivity contribution in [2.45, 2.75) is 6.54 Å². The van der Waals surface area contributed by atoms with Crippen LogP contribution in [-0.4, -0.2) is 31.3 Å². The number of anilines is 1. The minimum absolute atomic E-state index is 0. The molecule has 0 atom stereocenters. The Labute approximate surface area is 108 Å². The van der Waals surface area contributed by atoms with Crippen LogP contribution < -0.4 is 10.6 Å². The highest BCUT2D eigenvalue weighted by molar-refractivity contribution is 5.85. The lowest BCUT2D eigenvalue weighted by atomic mass is 10.3. The Morgan fingerprint density at radius 1 is 1.25 bits per heavy atom. The predicted octanol–water partition coefficient (Wildman–Crippen LogP) is 1.22. The van der Waals surface area contributed by atoms with Crippen LogP contribution >= 0.6 is 24.8 Å². The van der Waals surface area contributed by atoms with E-state index >= 15 is 0 Å². The van der Waals surface area contributed by atoms with Gasteiger partial charge in [-0.2, -0.15) is 0 Å². The molecule has 1 saturated heterocycles. The summed E-state index contributed by atoms with van der Waals surface area (Å²) in [6.45, 7) is 3.99. The van der Waals surface area contributed by atoms with E-state index in [1.54, 1.807) is 0 Å². The number of hydrogen-bond acceptors (Lipinski definition) is 4. The van der Waals surface area contributed by atoms with Gasteiger partial charge in [0.15, 0.2) is 0 Å². The smallest absolute Gasteiger partial charge is 0.128 e. The van der Waals surface area contributed by atoms with Crippen LogP contribution in [0.3, 0.4) is 0 Å². The molecule has 1 aromatic rings. The molecular weight excluding hydrogens is 249 g/mol. The van der Waals surface area contributed by atoms with Gasteiger partial charge in [-0.15, -0.1) is 24.8 Å². The van der Waals surface area contributed by atoms with Gasteiger partial charge in [-0.1, -0.05) is 6.07 Å². The number of rotatable bonds is 2. The van der Waals surface area contributed by atoms with Gasteiger partial charge in [-0.3, -0.25) is 0 Å². The summed E-state index contributed by atoms with van der Waals surface area (Å²) in [7, 11) is 0. The van der Waals surface area contributed by atoms with Crippen molar-refractivity contribution in [1.29, 1.82) is 0 Å². The highest BCUT2D eigenvalue weighted by atomic mass is 35.5. The van der Waals surface area contributed by atoms with E-state index in [9.17, 15) is 0 Å². The van der Waals surface area contributed by atoms with Crippen molar-refractivity contribution in [2.75, 3.05) is 31.2 Å². The van der Waals surface area contributed by atoms with Gasteiger partial charge in [0, 0.05) is 25.8 Å². The molecule has 4 nitrogen and oxygen atoms in total. The first-order valence-corrected chi connectivity index (χ1v) is 4.88. The Balaban J connectivity index is 0.00000112. The molecule has 1 aromatic heterocycles. The minimum atomic E-state index is 0. The molecule has 0 unspecified atom stereocenters. The fourth-order valence-electron chi connectivity index (χ4n) is 1.52. The molecule has 16 heavy (non-hydrogen) atoms. The zero-order valence-electron chi connectivity index (χ0n) is 8.96. The first-order valence-electron chi connectivity index (χ1n) is 4.88. The van der Waals surface area contributed by atoms with Gasteiger partial charge < -0.3 is 15.4 Å². The van der Waals surface area contributed by atoms with Gasteiger partial charge in [0.1, 0.15) is 5.82 Å². The van der Waals surface area contributed by atoms with Crippen LogP contribution in [0.25, 0.3) is 0 Å². The highest BCUT2D eigenvalue weighted by Crippen LogP contribution is 2.12. The van der Waals surface area contributed by atoms with Crippen molar-refractivity contribution in [3.8, 4) is 0 Å². The summed E-state index contributed by atoms with van der Waals surface area (Å²) in [5.41, 5.74) is 6.58. The van der Waals surface area contributed by atoms with Gasteiger partial charge in [-0.05, 0) is 11.6 Å². The molecule has 2 heterocycles. The molecule has 0 bridgehead atoms. The summed E-state index contributed by atoms with van der Waals surface area (Å²) < 4.78 is 5.28. The van der Waals surface area contributed by atoms with E-state index in [1.807, 2.05) is 18.3 Å². The number of morpholine rings is 1. The van der Waals surface area contributed by atoms with Crippen LogP contribution in [-0.2, 0) is 11.3 Å². The quantitative estimate of drug-likeness (QED) is 0.874. The molecule has 1 aliphatic heterocycles. The largest absolute Gasteiger partial charge is 0.378 e. The van der Waals surface area contributed by atoms with Gasteiger partial charge in [0.25, 0.3) is 0 Å². The van der Waals surface area contributed by atoms with Crippen LogP contribution in [0, 0.1) is 0 Å². The molecule has 6 heteroatoms. The lowest BCUT2D eigenvalue weighted by Crippen LogP contribution is -2.36. The van der Waals surface area contributed by atoms with Crippen molar-refractivity contribution in [1.82, 2.24) is 4.98 Å². The van der Waals surface area contributed by atoms with E-state index in [4.69, 9.17) is 10.5 Å². The molecule has 1 aliphatic rings. The number of ether oxygens (including phenoxy) is 1. The number of aromatic nitrogens is 1. The van der Waals surface area contributed by atoms with E-state index in [-0.39, 0.29) is 24.8 Å². The summed E-state index contributed by atoms with van der Waals surface area (Å²) in [5.74, 6) is 1.02. The summed E-state index contributed by atoms with van der Waals surface area (Å²) in [6, 6.07) is 4.05.